The van der Waals surface area contributed by atoms with Crippen LogP contribution in [0.1, 0.15) is 5.56 Å². The molecule has 3 aromatic rings. The molecule has 0 unspecified atom stereocenters. The number of hydrogen-bond donors (Lipinski definition) is 3. The molecule has 3 N–H and O–H groups in total. The molecule has 0 radical (unpaired) electrons. The predicted octanol–water partition coefficient (Wildman–Crippen LogP) is 2.52. The Morgan fingerprint density at radius 2 is 2.19 bits per heavy atom. The second-order valence-electron chi connectivity index (χ2n) is 4.66. The molecule has 0 aliphatic carbocycles. The van der Waals surface area contributed by atoms with E-state index in [1.807, 2.05) is 25.3 Å². The summed E-state index contributed by atoms with van der Waals surface area (Å²) in [6.45, 7) is 2.02. The van der Waals surface area contributed by atoms with Gasteiger partial charge < -0.3 is 15.7 Å². The van der Waals surface area contributed by atoms with Gasteiger partial charge in [-0.2, -0.15) is 0 Å². The summed E-state index contributed by atoms with van der Waals surface area (Å²) in [5.41, 5.74) is 3.83. The van der Waals surface area contributed by atoms with Crippen molar-refractivity contribution in [2.75, 3.05) is 5.32 Å². The highest BCUT2D eigenvalue weighted by Gasteiger charge is 2.06. The van der Waals surface area contributed by atoms with E-state index in [0.717, 1.165) is 27.7 Å². The first-order valence-corrected chi connectivity index (χ1v) is 6.39. The molecule has 21 heavy (non-hydrogen) atoms. The Balaban J connectivity index is 2.01. The van der Waals surface area contributed by atoms with Crippen LogP contribution < -0.4 is 5.32 Å². The maximum Gasteiger partial charge on any atom is 0.267 e. The van der Waals surface area contributed by atoms with E-state index in [-0.39, 0.29) is 0 Å². The number of pyridine rings is 2. The number of hydrogen-bond acceptors (Lipinski definition) is 4. The van der Waals surface area contributed by atoms with Gasteiger partial charge >= 0.3 is 0 Å². The minimum absolute atomic E-state index is 0.409. The second-order valence-corrected chi connectivity index (χ2v) is 4.66. The summed E-state index contributed by atoms with van der Waals surface area (Å²) >= 11 is 0. The van der Waals surface area contributed by atoms with Crippen LogP contribution in [0.15, 0.2) is 36.8 Å². The number of carbonyl (C=O) groups excluding carboxylic acids is 1. The van der Waals surface area contributed by atoms with Crippen LogP contribution in [0.5, 0.6) is 0 Å². The third-order valence-electron chi connectivity index (χ3n) is 3.21. The Labute approximate surface area is 120 Å². The lowest BCUT2D eigenvalue weighted by Gasteiger charge is -2.05. The van der Waals surface area contributed by atoms with Gasteiger partial charge in [0.2, 0.25) is 0 Å². The molecule has 6 nitrogen and oxygen atoms in total. The maximum absolute atomic E-state index is 11.2. The third kappa shape index (κ3) is 2.51. The Hall–Kier alpha value is -3.02. The standard InChI is InChI=1S/C15H13N5O/c1-9-7-18-15-12(9)4-11(8-19-15)10-2-3-17-13(5-10)20-14(21)6-16/h2-8,16H,1H3,(H,18,19)(H,17,20,21). The van der Waals surface area contributed by atoms with Gasteiger partial charge in [0.05, 0.1) is 6.21 Å². The van der Waals surface area contributed by atoms with E-state index in [4.69, 9.17) is 5.41 Å². The molecule has 0 aromatic carbocycles. The van der Waals surface area contributed by atoms with Crippen molar-refractivity contribution >= 4 is 29.0 Å². The average molecular weight is 279 g/mol. The van der Waals surface area contributed by atoms with E-state index < -0.39 is 5.91 Å². The normalized spacial score (nSPS) is 10.5. The fraction of sp³-hybridized carbons (Fsp3) is 0.0667. The van der Waals surface area contributed by atoms with Crippen LogP contribution in [-0.2, 0) is 4.79 Å². The van der Waals surface area contributed by atoms with Crippen molar-refractivity contribution in [3.8, 4) is 11.1 Å². The number of aromatic amines is 1. The van der Waals surface area contributed by atoms with Gasteiger partial charge in [0.15, 0.2) is 0 Å². The van der Waals surface area contributed by atoms with Gasteiger partial charge in [0.25, 0.3) is 5.91 Å². The molecular weight excluding hydrogens is 266 g/mol. The van der Waals surface area contributed by atoms with E-state index >= 15 is 0 Å². The van der Waals surface area contributed by atoms with Gasteiger partial charge in [-0.15, -0.1) is 0 Å². The van der Waals surface area contributed by atoms with Gasteiger partial charge in [-0.25, -0.2) is 9.97 Å². The van der Waals surface area contributed by atoms with Crippen molar-refractivity contribution in [3.05, 3.63) is 42.4 Å². The fourth-order valence-electron chi connectivity index (χ4n) is 2.13. The first-order valence-electron chi connectivity index (χ1n) is 6.39. The molecule has 0 bridgehead atoms. The van der Waals surface area contributed by atoms with E-state index in [0.29, 0.717) is 12.0 Å². The molecule has 1 amide bonds. The number of nitrogens with one attached hydrogen (secondary N) is 3. The third-order valence-corrected chi connectivity index (χ3v) is 3.21. The van der Waals surface area contributed by atoms with Gasteiger partial charge in [0.1, 0.15) is 11.5 Å². The van der Waals surface area contributed by atoms with E-state index in [9.17, 15) is 4.79 Å². The largest absolute Gasteiger partial charge is 0.346 e. The van der Waals surface area contributed by atoms with Crippen molar-refractivity contribution in [1.82, 2.24) is 15.0 Å². The quantitative estimate of drug-likeness (QED) is 0.643. The predicted molar refractivity (Wildman–Crippen MR) is 81.5 cm³/mol. The molecule has 0 saturated carbocycles. The zero-order chi connectivity index (χ0) is 14.8. The zero-order valence-electron chi connectivity index (χ0n) is 11.3. The van der Waals surface area contributed by atoms with Crippen LogP contribution in [-0.4, -0.2) is 27.1 Å². The smallest absolute Gasteiger partial charge is 0.267 e. The topological polar surface area (TPSA) is 94.5 Å². The van der Waals surface area contributed by atoms with Crippen LogP contribution in [0, 0.1) is 12.3 Å². The van der Waals surface area contributed by atoms with Gasteiger partial charge in [-0.3, -0.25) is 4.79 Å². The SMILES string of the molecule is Cc1c[nH]c2ncc(-c3ccnc(NC(=O)C=N)c3)cc12. The molecule has 0 saturated heterocycles. The first-order chi connectivity index (χ1) is 10.2. The Bertz CT molecular complexity index is 837. The number of aryl methyl sites for hydroxylation is 1. The number of carbonyl (C=O) groups is 1. The first kappa shape index (κ1) is 13.0. The number of nitrogens with zero attached hydrogens (tertiary/aromatic N) is 2. The number of anilines is 1. The maximum atomic E-state index is 11.2. The summed E-state index contributed by atoms with van der Waals surface area (Å²) in [5.74, 6) is -0.0957. The average Bonchev–Trinajstić information content (AvgIpc) is 2.88. The van der Waals surface area contributed by atoms with E-state index in [1.54, 1.807) is 18.5 Å². The van der Waals surface area contributed by atoms with Crippen molar-refractivity contribution in [2.45, 2.75) is 6.92 Å². The lowest BCUT2D eigenvalue weighted by molar-refractivity contribution is -0.110. The van der Waals surface area contributed by atoms with Gasteiger partial charge in [0, 0.05) is 29.5 Å². The highest BCUT2D eigenvalue weighted by atomic mass is 16.1. The lowest BCUT2D eigenvalue weighted by atomic mass is 10.1. The number of fused-ring (bicyclic) bond motifs is 1. The van der Waals surface area contributed by atoms with Crippen molar-refractivity contribution < 1.29 is 4.79 Å². The number of rotatable bonds is 3. The highest BCUT2D eigenvalue weighted by Crippen LogP contribution is 2.25. The van der Waals surface area contributed by atoms with Crippen LogP contribution in [0.2, 0.25) is 0 Å². The second kappa shape index (κ2) is 5.16. The minimum atomic E-state index is -0.505. The fourth-order valence-corrected chi connectivity index (χ4v) is 2.13. The Morgan fingerprint density at radius 1 is 1.33 bits per heavy atom. The zero-order valence-corrected chi connectivity index (χ0v) is 11.3. The Kier molecular flexibility index (Phi) is 3.19. The molecule has 3 aromatic heterocycles. The van der Waals surface area contributed by atoms with Crippen LogP contribution in [0.3, 0.4) is 0 Å². The van der Waals surface area contributed by atoms with Crippen molar-refractivity contribution in [2.24, 2.45) is 0 Å². The summed E-state index contributed by atoms with van der Waals surface area (Å²) in [5, 5.41) is 10.5. The molecule has 0 atom stereocenters. The molecule has 0 aliphatic heterocycles. The molecule has 0 spiro atoms. The molecule has 3 heterocycles. The van der Waals surface area contributed by atoms with E-state index in [1.165, 1.54) is 0 Å². The van der Waals surface area contributed by atoms with Gasteiger partial charge in [-0.05, 0) is 36.2 Å². The summed E-state index contributed by atoms with van der Waals surface area (Å²) in [7, 11) is 0. The number of H-pyrrole nitrogens is 1. The monoisotopic (exact) mass is 279 g/mol. The summed E-state index contributed by atoms with van der Waals surface area (Å²) in [6.07, 6.45) is 6.02. The lowest BCUT2D eigenvalue weighted by Crippen LogP contribution is -2.12. The van der Waals surface area contributed by atoms with Crippen LogP contribution in [0.4, 0.5) is 5.82 Å². The van der Waals surface area contributed by atoms with Crippen LogP contribution in [0.25, 0.3) is 22.2 Å². The molecule has 104 valence electrons. The van der Waals surface area contributed by atoms with Crippen molar-refractivity contribution in [1.29, 1.82) is 5.41 Å². The summed E-state index contributed by atoms with van der Waals surface area (Å²) in [4.78, 5) is 22.8. The van der Waals surface area contributed by atoms with Crippen molar-refractivity contribution in [3.63, 3.8) is 0 Å². The molecular formula is C15H13N5O. The number of amides is 1. The van der Waals surface area contributed by atoms with Gasteiger partial charge in [-0.1, -0.05) is 0 Å². The van der Waals surface area contributed by atoms with E-state index in [2.05, 4.69) is 20.3 Å². The molecule has 3 rings (SSSR count). The Morgan fingerprint density at radius 3 is 3.00 bits per heavy atom. The molecule has 0 fully saturated rings. The van der Waals surface area contributed by atoms with Crippen LogP contribution >= 0.6 is 0 Å². The number of aromatic nitrogens is 3. The summed E-state index contributed by atoms with van der Waals surface area (Å²) in [6, 6.07) is 5.66. The molecule has 0 aliphatic rings. The summed E-state index contributed by atoms with van der Waals surface area (Å²) < 4.78 is 0. The minimum Gasteiger partial charge on any atom is -0.346 e. The molecule has 6 heteroatoms. The highest BCUT2D eigenvalue weighted by molar-refractivity contribution is 6.30.